The number of benzene rings is 5. The van der Waals surface area contributed by atoms with E-state index in [1.807, 2.05) is 24.8 Å². The van der Waals surface area contributed by atoms with E-state index in [0.717, 1.165) is 16.9 Å². The highest BCUT2D eigenvalue weighted by Gasteiger charge is 2.45. The SMILES string of the molecule is C1=C(c2ccccc2)c2c(c3ccncc3n2-c2ccc(-c3ccc(-n4c5cnccc5c5cccc(-c6ccccc6)c54)cc3)cc2)C2CC12. The molecule has 11 rings (SSSR count). The van der Waals surface area contributed by atoms with Crippen molar-refractivity contribution < 1.29 is 0 Å². The number of aromatic nitrogens is 4. The van der Waals surface area contributed by atoms with Crippen LogP contribution in [0.2, 0.25) is 0 Å². The van der Waals surface area contributed by atoms with Crippen LogP contribution in [0.15, 0.2) is 170 Å². The molecular formula is C47H32N4. The first kappa shape index (κ1) is 28.3. The standard InChI is InChI=1S/C47H32N4/c1-3-8-32(9-4-1)37-12-7-13-39-38-22-24-48-28-43(38)50(46(37)39)35-18-14-30(15-19-35)31-16-20-36(21-17-31)51-44-29-49-25-23-40(44)45-41-26-34(41)27-42(47(45)51)33-10-5-2-6-11-33/h1-25,27-29,34,41H,26H2. The van der Waals surface area contributed by atoms with Crippen molar-refractivity contribution >= 4 is 38.3 Å². The Bertz CT molecular complexity index is 2810. The van der Waals surface area contributed by atoms with Gasteiger partial charge in [0.05, 0.1) is 34.6 Å². The second-order valence-corrected chi connectivity index (χ2v) is 13.8. The summed E-state index contributed by atoms with van der Waals surface area (Å²) in [5, 5.41) is 3.75. The molecule has 2 unspecified atom stereocenters. The van der Waals surface area contributed by atoms with E-state index in [0.29, 0.717) is 11.8 Å². The van der Waals surface area contributed by atoms with E-state index >= 15 is 0 Å². The van der Waals surface area contributed by atoms with E-state index in [1.54, 1.807) is 0 Å². The van der Waals surface area contributed by atoms with Gasteiger partial charge in [-0.25, -0.2) is 0 Å². The topological polar surface area (TPSA) is 35.6 Å². The average molecular weight is 653 g/mol. The van der Waals surface area contributed by atoms with Gasteiger partial charge in [-0.15, -0.1) is 0 Å². The van der Waals surface area contributed by atoms with Gasteiger partial charge in [0, 0.05) is 51.1 Å². The van der Waals surface area contributed by atoms with Crippen LogP contribution < -0.4 is 0 Å². The van der Waals surface area contributed by atoms with Gasteiger partial charge in [0.25, 0.3) is 0 Å². The molecule has 240 valence electrons. The van der Waals surface area contributed by atoms with Crippen molar-refractivity contribution in [2.75, 3.05) is 0 Å². The lowest BCUT2D eigenvalue weighted by atomic mass is 9.91. The lowest BCUT2D eigenvalue weighted by Crippen LogP contribution is -2.06. The quantitative estimate of drug-likeness (QED) is 0.185. The second-order valence-electron chi connectivity index (χ2n) is 13.8. The minimum Gasteiger partial charge on any atom is -0.307 e. The Hall–Kier alpha value is -6.52. The molecule has 9 aromatic rings. The summed E-state index contributed by atoms with van der Waals surface area (Å²) in [5.41, 5.74) is 15.9. The fourth-order valence-corrected chi connectivity index (χ4v) is 8.58. The number of rotatable bonds is 5. The van der Waals surface area contributed by atoms with Gasteiger partial charge in [-0.3, -0.25) is 9.97 Å². The highest BCUT2D eigenvalue weighted by molar-refractivity contribution is 6.13. The smallest absolute Gasteiger partial charge is 0.0724 e. The number of fused-ring (bicyclic) bond motifs is 8. The van der Waals surface area contributed by atoms with Gasteiger partial charge in [-0.1, -0.05) is 109 Å². The van der Waals surface area contributed by atoms with Gasteiger partial charge in [0.15, 0.2) is 0 Å². The summed E-state index contributed by atoms with van der Waals surface area (Å²) < 4.78 is 4.81. The second kappa shape index (κ2) is 11.0. The molecule has 51 heavy (non-hydrogen) atoms. The van der Waals surface area contributed by atoms with Gasteiger partial charge in [-0.2, -0.15) is 0 Å². The highest BCUT2D eigenvalue weighted by atomic mass is 15.0. The Morgan fingerprint density at radius 2 is 1.10 bits per heavy atom. The van der Waals surface area contributed by atoms with Crippen LogP contribution in [0.1, 0.15) is 29.2 Å². The fraction of sp³-hybridized carbons (Fsp3) is 0.0638. The van der Waals surface area contributed by atoms with Gasteiger partial charge >= 0.3 is 0 Å². The molecule has 2 aliphatic carbocycles. The molecule has 0 aliphatic heterocycles. The van der Waals surface area contributed by atoms with Crippen LogP contribution in [0.3, 0.4) is 0 Å². The highest BCUT2D eigenvalue weighted by Crippen LogP contribution is 2.58. The van der Waals surface area contributed by atoms with E-state index < -0.39 is 0 Å². The molecule has 4 heterocycles. The molecule has 4 heteroatoms. The maximum atomic E-state index is 4.59. The molecule has 2 aliphatic rings. The van der Waals surface area contributed by atoms with E-state index in [-0.39, 0.29) is 0 Å². The third kappa shape index (κ3) is 4.33. The summed E-state index contributed by atoms with van der Waals surface area (Å²) >= 11 is 0. The van der Waals surface area contributed by atoms with Crippen LogP contribution in [0.25, 0.3) is 71.9 Å². The van der Waals surface area contributed by atoms with Crippen molar-refractivity contribution in [1.82, 2.24) is 19.1 Å². The zero-order valence-electron chi connectivity index (χ0n) is 27.8. The molecule has 0 radical (unpaired) electrons. The maximum absolute atomic E-state index is 4.59. The first-order valence-corrected chi connectivity index (χ1v) is 17.7. The maximum Gasteiger partial charge on any atom is 0.0724 e. The summed E-state index contributed by atoms with van der Waals surface area (Å²) in [6.07, 6.45) is 11.6. The van der Waals surface area contributed by atoms with E-state index in [2.05, 4.69) is 165 Å². The average Bonchev–Trinajstić information content (AvgIpc) is 3.80. The minimum absolute atomic E-state index is 0.588. The number of allylic oxidation sites excluding steroid dienone is 1. The summed E-state index contributed by atoms with van der Waals surface area (Å²) in [6.45, 7) is 0. The zero-order chi connectivity index (χ0) is 33.5. The third-order valence-corrected chi connectivity index (χ3v) is 11.0. The van der Waals surface area contributed by atoms with Gasteiger partial charge in [0.1, 0.15) is 0 Å². The van der Waals surface area contributed by atoms with E-state index in [1.165, 1.54) is 78.3 Å². The predicted molar refractivity (Wildman–Crippen MR) is 208 cm³/mol. The van der Waals surface area contributed by atoms with Crippen molar-refractivity contribution in [3.63, 3.8) is 0 Å². The Kier molecular flexibility index (Phi) is 6.11. The zero-order valence-corrected chi connectivity index (χ0v) is 27.8. The number of para-hydroxylation sites is 1. The van der Waals surface area contributed by atoms with Crippen molar-refractivity contribution in [3.8, 4) is 33.6 Å². The summed E-state index contributed by atoms with van der Waals surface area (Å²) in [4.78, 5) is 9.12. The van der Waals surface area contributed by atoms with Crippen molar-refractivity contribution in [2.45, 2.75) is 12.3 Å². The summed E-state index contributed by atoms with van der Waals surface area (Å²) in [5.74, 6) is 1.21. The largest absolute Gasteiger partial charge is 0.307 e. The molecule has 0 spiro atoms. The first-order valence-electron chi connectivity index (χ1n) is 17.7. The van der Waals surface area contributed by atoms with Crippen molar-refractivity contribution in [2.24, 2.45) is 5.92 Å². The van der Waals surface area contributed by atoms with Crippen LogP contribution in [0.5, 0.6) is 0 Å². The fourth-order valence-electron chi connectivity index (χ4n) is 8.58. The molecule has 5 aromatic carbocycles. The Labute approximate surface area is 295 Å². The van der Waals surface area contributed by atoms with Gasteiger partial charge in [-0.05, 0) is 82.5 Å². The van der Waals surface area contributed by atoms with Crippen LogP contribution in [-0.2, 0) is 0 Å². The molecule has 1 fully saturated rings. The molecule has 4 nitrogen and oxygen atoms in total. The molecular weight excluding hydrogens is 621 g/mol. The number of hydrogen-bond acceptors (Lipinski definition) is 2. The first-order chi connectivity index (χ1) is 25.3. The van der Waals surface area contributed by atoms with Crippen molar-refractivity contribution in [3.05, 3.63) is 187 Å². The number of pyridine rings is 2. The summed E-state index contributed by atoms with van der Waals surface area (Å²) in [7, 11) is 0. The normalized spacial score (nSPS) is 16.3. The monoisotopic (exact) mass is 652 g/mol. The lowest BCUT2D eigenvalue weighted by molar-refractivity contribution is 0.964. The predicted octanol–water partition coefficient (Wildman–Crippen LogP) is 11.4. The molecule has 0 saturated heterocycles. The number of nitrogens with zero attached hydrogens (tertiary/aromatic N) is 4. The Morgan fingerprint density at radius 3 is 1.78 bits per heavy atom. The lowest BCUT2D eigenvalue weighted by Gasteiger charge is -2.19. The molecule has 1 saturated carbocycles. The summed E-state index contributed by atoms with van der Waals surface area (Å²) in [6, 6.07) is 50.5. The molecule has 0 amide bonds. The molecule has 4 aromatic heterocycles. The van der Waals surface area contributed by atoms with Gasteiger partial charge < -0.3 is 9.13 Å². The molecule has 0 N–H and O–H groups in total. The molecule has 0 bridgehead atoms. The Balaban J connectivity index is 1.01. The van der Waals surface area contributed by atoms with E-state index in [9.17, 15) is 0 Å². The van der Waals surface area contributed by atoms with Crippen LogP contribution in [-0.4, -0.2) is 19.1 Å². The van der Waals surface area contributed by atoms with E-state index in [4.69, 9.17) is 0 Å². The Morgan fingerprint density at radius 1 is 0.490 bits per heavy atom. The minimum atomic E-state index is 0.588. The van der Waals surface area contributed by atoms with Crippen LogP contribution in [0.4, 0.5) is 0 Å². The van der Waals surface area contributed by atoms with Gasteiger partial charge in [0.2, 0.25) is 0 Å². The number of hydrogen-bond donors (Lipinski definition) is 0. The molecule has 2 atom stereocenters. The third-order valence-electron chi connectivity index (χ3n) is 11.0. The van der Waals surface area contributed by atoms with Crippen LogP contribution in [0, 0.1) is 5.92 Å². The van der Waals surface area contributed by atoms with Crippen LogP contribution >= 0.6 is 0 Å². The van der Waals surface area contributed by atoms with Crippen molar-refractivity contribution in [1.29, 1.82) is 0 Å².